The third-order valence-corrected chi connectivity index (χ3v) is 3.59. The third kappa shape index (κ3) is 1.90. The number of nitrogens with one attached hydrogen (secondary N) is 1. The second-order valence-corrected chi connectivity index (χ2v) is 4.73. The summed E-state index contributed by atoms with van der Waals surface area (Å²) in [5.74, 6) is 1.05. The van der Waals surface area contributed by atoms with Gasteiger partial charge in [0.1, 0.15) is 5.75 Å². The normalized spacial score (nSPS) is 26.8. The fraction of sp³-hybridized carbons (Fsp3) is 0.286. The lowest BCUT2D eigenvalue weighted by molar-refractivity contribution is 0.0954. The minimum absolute atomic E-state index is 0.150. The summed E-state index contributed by atoms with van der Waals surface area (Å²) in [6, 6.07) is 6.13. The van der Waals surface area contributed by atoms with Crippen molar-refractivity contribution >= 4 is 11.6 Å². The first-order valence-corrected chi connectivity index (χ1v) is 6.06. The van der Waals surface area contributed by atoms with Gasteiger partial charge in [-0.25, -0.2) is 5.43 Å². The Morgan fingerprint density at radius 1 is 1.33 bits per heavy atom. The van der Waals surface area contributed by atoms with Crippen LogP contribution in [-0.4, -0.2) is 16.7 Å². The summed E-state index contributed by atoms with van der Waals surface area (Å²) >= 11 is 0. The molecule has 0 bridgehead atoms. The van der Waals surface area contributed by atoms with Crippen molar-refractivity contribution in [2.45, 2.75) is 12.8 Å². The summed E-state index contributed by atoms with van der Waals surface area (Å²) in [4.78, 5) is 11.8. The van der Waals surface area contributed by atoms with Crippen LogP contribution in [0.25, 0.3) is 0 Å². The zero-order valence-electron chi connectivity index (χ0n) is 9.84. The average Bonchev–Trinajstić information content (AvgIpc) is 2.72. The Kier molecular flexibility index (Phi) is 2.63. The Morgan fingerprint density at radius 2 is 2.11 bits per heavy atom. The molecule has 3 rings (SSSR count). The fourth-order valence-corrected chi connectivity index (χ4v) is 2.46. The molecule has 4 nitrogen and oxygen atoms in total. The maximum Gasteiger partial charge on any atom is 0.271 e. The number of carbonyl (C=O) groups excluding carboxylic acids is 1. The van der Waals surface area contributed by atoms with E-state index in [0.717, 1.165) is 18.6 Å². The number of aromatic hydroxyl groups is 1. The summed E-state index contributed by atoms with van der Waals surface area (Å²) in [7, 11) is 0. The van der Waals surface area contributed by atoms with E-state index in [9.17, 15) is 4.79 Å². The molecule has 0 unspecified atom stereocenters. The Balaban J connectivity index is 1.62. The molecule has 2 N–H and O–H groups in total. The minimum atomic E-state index is -0.239. The predicted octanol–water partition coefficient (Wildman–Crippen LogP) is 2.07. The largest absolute Gasteiger partial charge is 0.508 e. The molecule has 1 aromatic rings. The molecule has 2 aliphatic carbocycles. The highest BCUT2D eigenvalue weighted by molar-refractivity contribution is 5.98. The van der Waals surface area contributed by atoms with Gasteiger partial charge in [0, 0.05) is 17.2 Å². The lowest BCUT2D eigenvalue weighted by atomic mass is 9.74. The van der Waals surface area contributed by atoms with E-state index in [2.05, 4.69) is 22.7 Å². The first kappa shape index (κ1) is 11.0. The van der Waals surface area contributed by atoms with Crippen molar-refractivity contribution in [3.63, 3.8) is 0 Å². The lowest BCUT2D eigenvalue weighted by Crippen LogP contribution is -2.35. The number of allylic oxidation sites excluding steroid dienone is 2. The highest BCUT2D eigenvalue weighted by Crippen LogP contribution is 2.40. The summed E-state index contributed by atoms with van der Waals surface area (Å²) < 4.78 is 0. The van der Waals surface area contributed by atoms with Crippen LogP contribution in [0.15, 0.2) is 41.5 Å². The molecule has 2 aliphatic rings. The fourth-order valence-electron chi connectivity index (χ4n) is 2.46. The van der Waals surface area contributed by atoms with Gasteiger partial charge in [-0.05, 0) is 43.0 Å². The summed E-state index contributed by atoms with van der Waals surface area (Å²) in [5, 5.41) is 13.3. The van der Waals surface area contributed by atoms with E-state index < -0.39 is 0 Å². The summed E-state index contributed by atoms with van der Waals surface area (Å²) in [5.41, 5.74) is 4.15. The Bertz CT molecular complexity index is 531. The molecule has 1 aromatic carbocycles. The van der Waals surface area contributed by atoms with Crippen LogP contribution in [0.5, 0.6) is 5.75 Å². The second kappa shape index (κ2) is 4.29. The van der Waals surface area contributed by atoms with E-state index in [0.29, 0.717) is 17.4 Å². The molecular weight excluding hydrogens is 228 g/mol. The van der Waals surface area contributed by atoms with Crippen molar-refractivity contribution in [2.24, 2.45) is 16.9 Å². The number of hydrogen-bond acceptors (Lipinski definition) is 3. The van der Waals surface area contributed by atoms with E-state index in [4.69, 9.17) is 5.11 Å². The number of hydrazone groups is 1. The first-order chi connectivity index (χ1) is 8.74. The number of phenols is 1. The second-order valence-electron chi connectivity index (χ2n) is 4.73. The highest BCUT2D eigenvalue weighted by Gasteiger charge is 2.37. The van der Waals surface area contributed by atoms with Crippen molar-refractivity contribution in [3.8, 4) is 5.75 Å². The Hall–Kier alpha value is -2.10. The van der Waals surface area contributed by atoms with Crippen molar-refractivity contribution in [1.29, 1.82) is 0 Å². The molecule has 1 amide bonds. The molecular formula is C14H14N2O2. The Labute approximate surface area is 105 Å². The first-order valence-electron chi connectivity index (χ1n) is 6.06. The van der Waals surface area contributed by atoms with Gasteiger partial charge in [-0.3, -0.25) is 4.79 Å². The number of hydrogen-bond donors (Lipinski definition) is 2. The van der Waals surface area contributed by atoms with Gasteiger partial charge in [-0.1, -0.05) is 12.2 Å². The molecule has 2 atom stereocenters. The summed E-state index contributed by atoms with van der Waals surface area (Å²) in [6.07, 6.45) is 6.40. The standard InChI is InChI=1S/C14H14N2O2/c17-11-6-4-9(5-7-11)14(18)16-15-13-8-10-2-1-3-12(10)13/h1-2,4-7,10,12,17H,3,8H2,(H,16,18)/b15-13-/t10-,12+/m1/s1. The predicted molar refractivity (Wildman–Crippen MR) is 68.4 cm³/mol. The SMILES string of the molecule is O=C(N/N=C1/C[C@H]2C=CC[C@H]12)c1ccc(O)cc1. The number of benzene rings is 1. The van der Waals surface area contributed by atoms with Gasteiger partial charge in [0.05, 0.1) is 0 Å². The maximum absolute atomic E-state index is 11.8. The number of rotatable bonds is 2. The molecule has 0 spiro atoms. The third-order valence-electron chi connectivity index (χ3n) is 3.59. The van der Waals surface area contributed by atoms with Crippen LogP contribution in [0.2, 0.25) is 0 Å². The molecule has 18 heavy (non-hydrogen) atoms. The van der Waals surface area contributed by atoms with Gasteiger partial charge in [0.15, 0.2) is 0 Å². The van der Waals surface area contributed by atoms with Crippen LogP contribution >= 0.6 is 0 Å². The van der Waals surface area contributed by atoms with Gasteiger partial charge >= 0.3 is 0 Å². The van der Waals surface area contributed by atoms with Gasteiger partial charge in [-0.15, -0.1) is 0 Å². The maximum atomic E-state index is 11.8. The van der Waals surface area contributed by atoms with Gasteiger partial charge in [0.2, 0.25) is 0 Å². The number of phenolic OH excluding ortho intramolecular Hbond substituents is 1. The molecule has 0 radical (unpaired) electrons. The van der Waals surface area contributed by atoms with Crippen LogP contribution in [0, 0.1) is 11.8 Å². The van der Waals surface area contributed by atoms with Gasteiger partial charge in [-0.2, -0.15) is 5.10 Å². The summed E-state index contributed by atoms with van der Waals surface area (Å²) in [6.45, 7) is 0. The smallest absolute Gasteiger partial charge is 0.271 e. The van der Waals surface area contributed by atoms with E-state index in [1.807, 2.05) is 0 Å². The average molecular weight is 242 g/mol. The number of fused-ring (bicyclic) bond motifs is 1. The van der Waals surface area contributed by atoms with E-state index >= 15 is 0 Å². The monoisotopic (exact) mass is 242 g/mol. The molecule has 92 valence electrons. The topological polar surface area (TPSA) is 61.7 Å². The van der Waals surface area contributed by atoms with E-state index in [-0.39, 0.29) is 11.7 Å². The molecule has 0 heterocycles. The van der Waals surface area contributed by atoms with Crippen LogP contribution < -0.4 is 5.43 Å². The zero-order chi connectivity index (χ0) is 12.5. The van der Waals surface area contributed by atoms with Crippen molar-refractivity contribution < 1.29 is 9.90 Å². The molecule has 1 saturated carbocycles. The van der Waals surface area contributed by atoms with Crippen molar-refractivity contribution in [3.05, 3.63) is 42.0 Å². The van der Waals surface area contributed by atoms with Crippen LogP contribution in [-0.2, 0) is 0 Å². The number of carbonyl (C=O) groups is 1. The van der Waals surface area contributed by atoms with Crippen molar-refractivity contribution in [2.75, 3.05) is 0 Å². The molecule has 1 fully saturated rings. The zero-order valence-corrected chi connectivity index (χ0v) is 9.84. The highest BCUT2D eigenvalue weighted by atomic mass is 16.3. The van der Waals surface area contributed by atoms with Crippen LogP contribution in [0.4, 0.5) is 0 Å². The van der Waals surface area contributed by atoms with Gasteiger partial charge < -0.3 is 5.11 Å². The minimum Gasteiger partial charge on any atom is -0.508 e. The van der Waals surface area contributed by atoms with Crippen molar-refractivity contribution in [1.82, 2.24) is 5.43 Å². The quantitative estimate of drug-likeness (QED) is 0.616. The number of amides is 1. The Morgan fingerprint density at radius 3 is 2.83 bits per heavy atom. The number of nitrogens with zero attached hydrogens (tertiary/aromatic N) is 1. The molecule has 0 saturated heterocycles. The molecule has 0 aromatic heterocycles. The molecule has 4 heteroatoms. The van der Waals surface area contributed by atoms with Gasteiger partial charge in [0.25, 0.3) is 5.91 Å². The molecule has 0 aliphatic heterocycles. The van der Waals surface area contributed by atoms with Crippen LogP contribution in [0.1, 0.15) is 23.2 Å². The van der Waals surface area contributed by atoms with E-state index in [1.165, 1.54) is 12.1 Å². The van der Waals surface area contributed by atoms with E-state index in [1.54, 1.807) is 12.1 Å². The van der Waals surface area contributed by atoms with Crippen LogP contribution in [0.3, 0.4) is 0 Å². The lowest BCUT2D eigenvalue weighted by Gasteiger charge is -2.31.